The summed E-state index contributed by atoms with van der Waals surface area (Å²) in [6, 6.07) is 6.51. The minimum atomic E-state index is -4.53. The smallest absolute Gasteiger partial charge is 0.352 e. The molecule has 0 aliphatic carbocycles. The summed E-state index contributed by atoms with van der Waals surface area (Å²) in [7, 11) is 0. The van der Waals surface area contributed by atoms with E-state index in [1.807, 2.05) is 0 Å². The molecule has 0 atom stereocenters. The van der Waals surface area contributed by atoms with E-state index < -0.39 is 11.9 Å². The average Bonchev–Trinajstić information content (AvgIpc) is 2.57. The van der Waals surface area contributed by atoms with Crippen LogP contribution in [0.4, 0.5) is 17.6 Å². The van der Waals surface area contributed by atoms with Gasteiger partial charge in [-0.3, -0.25) is 4.79 Å². The van der Waals surface area contributed by atoms with Crippen molar-refractivity contribution in [2.75, 3.05) is 12.3 Å². The molecular formula is C17H15F4N3OS. The maximum Gasteiger partial charge on any atom is 0.433 e. The normalized spacial score (nSPS) is 11.7. The lowest BCUT2D eigenvalue weighted by molar-refractivity contribution is -0.141. The number of carbonyl (C=O) groups is 1. The zero-order chi connectivity index (χ0) is 19.2. The molecule has 1 aromatic carbocycles. The van der Waals surface area contributed by atoms with Gasteiger partial charge in [0.25, 0.3) is 0 Å². The molecule has 0 aliphatic rings. The lowest BCUT2D eigenvalue weighted by Gasteiger charge is -2.08. The minimum absolute atomic E-state index is 0.00780. The monoisotopic (exact) mass is 385 g/mol. The standard InChI is InChI=1S/C17H15F4N3OS/c1-11-10-14(17(19,20)21)24-16(23-11)26-9-8-22-15(25)7-4-12-2-5-13(18)6-3-12/h2-7,10H,8-9H2,1H3,(H,22,25)/b7-4+. The molecule has 1 aromatic heterocycles. The lowest BCUT2D eigenvalue weighted by Crippen LogP contribution is -2.23. The Kier molecular flexibility index (Phi) is 6.73. The summed E-state index contributed by atoms with van der Waals surface area (Å²) < 4.78 is 50.9. The largest absolute Gasteiger partial charge is 0.433 e. The summed E-state index contributed by atoms with van der Waals surface area (Å²) in [5.41, 5.74) is -0.0939. The molecular weight excluding hydrogens is 370 g/mol. The van der Waals surface area contributed by atoms with Gasteiger partial charge in [-0.25, -0.2) is 14.4 Å². The fraction of sp³-hybridized carbons (Fsp3) is 0.235. The van der Waals surface area contributed by atoms with Crippen molar-refractivity contribution in [1.82, 2.24) is 15.3 Å². The zero-order valence-corrected chi connectivity index (χ0v) is 14.5. The number of benzene rings is 1. The van der Waals surface area contributed by atoms with Crippen LogP contribution in [0, 0.1) is 12.7 Å². The highest BCUT2D eigenvalue weighted by atomic mass is 32.2. The number of alkyl halides is 3. The van der Waals surface area contributed by atoms with Gasteiger partial charge in [0, 0.05) is 24.1 Å². The first-order chi connectivity index (χ1) is 12.2. The predicted octanol–water partition coefficient (Wildman–Crippen LogP) is 3.86. The number of hydrogen-bond donors (Lipinski definition) is 1. The van der Waals surface area contributed by atoms with Crippen molar-refractivity contribution in [2.45, 2.75) is 18.3 Å². The second-order valence-corrected chi connectivity index (χ2v) is 6.26. The fourth-order valence-electron chi connectivity index (χ4n) is 1.87. The maximum atomic E-state index is 12.8. The predicted molar refractivity (Wildman–Crippen MR) is 90.9 cm³/mol. The van der Waals surface area contributed by atoms with Gasteiger partial charge in [-0.2, -0.15) is 13.2 Å². The molecule has 138 valence electrons. The van der Waals surface area contributed by atoms with Gasteiger partial charge in [-0.1, -0.05) is 23.9 Å². The van der Waals surface area contributed by atoms with Gasteiger partial charge in [0.1, 0.15) is 11.5 Å². The van der Waals surface area contributed by atoms with Crippen molar-refractivity contribution in [1.29, 1.82) is 0 Å². The highest BCUT2D eigenvalue weighted by Gasteiger charge is 2.33. The Morgan fingerprint density at radius 1 is 1.23 bits per heavy atom. The Hall–Kier alpha value is -2.42. The van der Waals surface area contributed by atoms with Crippen molar-refractivity contribution in [3.05, 3.63) is 59.2 Å². The van der Waals surface area contributed by atoms with Crippen LogP contribution in [0.5, 0.6) is 0 Å². The van der Waals surface area contributed by atoms with Crippen LogP contribution in [-0.4, -0.2) is 28.2 Å². The van der Waals surface area contributed by atoms with E-state index in [2.05, 4.69) is 15.3 Å². The molecule has 26 heavy (non-hydrogen) atoms. The van der Waals surface area contributed by atoms with Gasteiger partial charge in [-0.05, 0) is 36.8 Å². The maximum absolute atomic E-state index is 12.8. The second-order valence-electron chi connectivity index (χ2n) is 5.20. The Morgan fingerprint density at radius 2 is 1.92 bits per heavy atom. The number of halogens is 4. The Balaban J connectivity index is 1.80. The third-order valence-corrected chi connectivity index (χ3v) is 3.90. The first-order valence-electron chi connectivity index (χ1n) is 7.51. The molecule has 2 aromatic rings. The van der Waals surface area contributed by atoms with Crippen LogP contribution in [0.2, 0.25) is 0 Å². The molecule has 0 unspecified atom stereocenters. The molecule has 1 heterocycles. The van der Waals surface area contributed by atoms with E-state index in [1.165, 1.54) is 43.3 Å². The molecule has 0 aliphatic heterocycles. The molecule has 1 amide bonds. The van der Waals surface area contributed by atoms with Crippen molar-refractivity contribution in [3.63, 3.8) is 0 Å². The number of nitrogens with zero attached hydrogens (tertiary/aromatic N) is 2. The van der Waals surface area contributed by atoms with Crippen molar-refractivity contribution in [2.24, 2.45) is 0 Å². The molecule has 0 bridgehead atoms. The van der Waals surface area contributed by atoms with Gasteiger partial charge < -0.3 is 5.32 Å². The van der Waals surface area contributed by atoms with Crippen LogP contribution in [0.3, 0.4) is 0 Å². The van der Waals surface area contributed by atoms with Gasteiger partial charge in [0.2, 0.25) is 5.91 Å². The summed E-state index contributed by atoms with van der Waals surface area (Å²) >= 11 is 1.02. The Morgan fingerprint density at radius 3 is 2.58 bits per heavy atom. The van der Waals surface area contributed by atoms with E-state index >= 15 is 0 Å². The highest BCUT2D eigenvalue weighted by molar-refractivity contribution is 7.99. The molecule has 4 nitrogen and oxygen atoms in total. The number of carbonyl (C=O) groups excluding carboxylic acids is 1. The zero-order valence-electron chi connectivity index (χ0n) is 13.7. The van der Waals surface area contributed by atoms with Gasteiger partial charge in [0.05, 0.1) is 0 Å². The number of amides is 1. The number of aromatic nitrogens is 2. The number of nitrogens with one attached hydrogen (secondary N) is 1. The van der Waals surface area contributed by atoms with E-state index in [9.17, 15) is 22.4 Å². The minimum Gasteiger partial charge on any atom is -0.352 e. The van der Waals surface area contributed by atoms with Crippen LogP contribution in [0.1, 0.15) is 17.0 Å². The molecule has 0 radical (unpaired) electrons. The molecule has 9 heteroatoms. The highest BCUT2D eigenvalue weighted by Crippen LogP contribution is 2.29. The lowest BCUT2D eigenvalue weighted by atomic mass is 10.2. The summed E-state index contributed by atoms with van der Waals surface area (Å²) in [5.74, 6) is -0.414. The molecule has 0 spiro atoms. The summed E-state index contributed by atoms with van der Waals surface area (Å²) in [6.07, 6.45) is -1.70. The first kappa shape index (κ1) is 19.9. The topological polar surface area (TPSA) is 54.9 Å². The van der Waals surface area contributed by atoms with Gasteiger partial charge >= 0.3 is 6.18 Å². The van der Waals surface area contributed by atoms with Crippen LogP contribution in [-0.2, 0) is 11.0 Å². The quantitative estimate of drug-likeness (QED) is 0.270. The summed E-state index contributed by atoms with van der Waals surface area (Å²) in [5, 5.41) is 2.60. The molecule has 2 rings (SSSR count). The SMILES string of the molecule is Cc1cc(C(F)(F)F)nc(SCCNC(=O)/C=C/c2ccc(F)cc2)n1. The summed E-state index contributed by atoms with van der Waals surface area (Å²) in [4.78, 5) is 19.1. The van der Waals surface area contributed by atoms with Crippen molar-refractivity contribution in [3.8, 4) is 0 Å². The number of rotatable bonds is 6. The van der Waals surface area contributed by atoms with E-state index in [1.54, 1.807) is 0 Å². The van der Waals surface area contributed by atoms with Crippen LogP contribution >= 0.6 is 11.8 Å². The van der Waals surface area contributed by atoms with E-state index in [4.69, 9.17) is 0 Å². The van der Waals surface area contributed by atoms with E-state index in [-0.39, 0.29) is 29.1 Å². The van der Waals surface area contributed by atoms with E-state index in [0.29, 0.717) is 11.3 Å². The number of aryl methyl sites for hydroxylation is 1. The van der Waals surface area contributed by atoms with Gasteiger partial charge in [0.15, 0.2) is 5.16 Å². The van der Waals surface area contributed by atoms with Crippen molar-refractivity contribution < 1.29 is 22.4 Å². The van der Waals surface area contributed by atoms with Crippen molar-refractivity contribution >= 4 is 23.7 Å². The molecule has 0 fully saturated rings. The van der Waals surface area contributed by atoms with Crippen LogP contribution in [0.15, 0.2) is 41.6 Å². The Bertz CT molecular complexity index is 792. The second kappa shape index (κ2) is 8.79. The third-order valence-electron chi connectivity index (χ3n) is 3.05. The Labute approximate surface area is 151 Å². The fourth-order valence-corrected chi connectivity index (χ4v) is 2.63. The first-order valence-corrected chi connectivity index (χ1v) is 8.50. The summed E-state index contributed by atoms with van der Waals surface area (Å²) in [6.45, 7) is 1.69. The molecule has 1 N–H and O–H groups in total. The average molecular weight is 385 g/mol. The molecule has 0 saturated carbocycles. The number of thioether (sulfide) groups is 1. The third kappa shape index (κ3) is 6.47. The van der Waals surface area contributed by atoms with Crippen LogP contribution < -0.4 is 5.32 Å². The molecule has 0 saturated heterocycles. The van der Waals surface area contributed by atoms with Crippen LogP contribution in [0.25, 0.3) is 6.08 Å². The van der Waals surface area contributed by atoms with Gasteiger partial charge in [-0.15, -0.1) is 0 Å². The number of hydrogen-bond acceptors (Lipinski definition) is 4. The van der Waals surface area contributed by atoms with E-state index in [0.717, 1.165) is 17.8 Å².